The van der Waals surface area contributed by atoms with Crippen LogP contribution >= 0.6 is 0 Å². The van der Waals surface area contributed by atoms with Gasteiger partial charge >= 0.3 is 5.97 Å². The molecule has 2 aromatic rings. The summed E-state index contributed by atoms with van der Waals surface area (Å²) < 4.78 is 5.41. The summed E-state index contributed by atoms with van der Waals surface area (Å²) in [4.78, 5) is 19.2. The number of hydroxylamine groups is 1. The fourth-order valence-corrected chi connectivity index (χ4v) is 3.72. The van der Waals surface area contributed by atoms with E-state index in [9.17, 15) is 4.79 Å². The van der Waals surface area contributed by atoms with Crippen molar-refractivity contribution >= 4 is 11.7 Å². The second-order valence-electron chi connectivity index (χ2n) is 6.90. The SMILES string of the molecule is CCOC(=O)C1C(c2ccccc2)N(c2ccc(C)cc2)OC12CC2. The molecule has 2 aliphatic rings. The minimum absolute atomic E-state index is 0.163. The predicted molar refractivity (Wildman–Crippen MR) is 96.0 cm³/mol. The van der Waals surface area contributed by atoms with Gasteiger partial charge in [0.15, 0.2) is 0 Å². The van der Waals surface area contributed by atoms with Gasteiger partial charge in [0.2, 0.25) is 0 Å². The molecule has 25 heavy (non-hydrogen) atoms. The van der Waals surface area contributed by atoms with Gasteiger partial charge in [0.1, 0.15) is 11.5 Å². The third-order valence-electron chi connectivity index (χ3n) is 5.13. The van der Waals surface area contributed by atoms with Crippen LogP contribution in [0, 0.1) is 12.8 Å². The molecule has 0 aromatic heterocycles. The Balaban J connectivity index is 1.78. The molecule has 0 N–H and O–H groups in total. The van der Waals surface area contributed by atoms with Crippen molar-refractivity contribution in [3.05, 3.63) is 65.7 Å². The van der Waals surface area contributed by atoms with Crippen molar-refractivity contribution in [1.29, 1.82) is 0 Å². The molecular formula is C21H23NO3. The maximum Gasteiger partial charge on any atom is 0.314 e. The van der Waals surface area contributed by atoms with Crippen molar-refractivity contribution in [3.8, 4) is 0 Å². The lowest BCUT2D eigenvalue weighted by molar-refractivity contribution is -0.151. The van der Waals surface area contributed by atoms with Crippen LogP contribution in [-0.4, -0.2) is 18.2 Å². The van der Waals surface area contributed by atoms with Crippen LogP contribution in [0.3, 0.4) is 0 Å². The number of rotatable bonds is 4. The zero-order valence-electron chi connectivity index (χ0n) is 14.6. The topological polar surface area (TPSA) is 38.8 Å². The molecule has 2 aromatic carbocycles. The number of esters is 1. The van der Waals surface area contributed by atoms with Gasteiger partial charge in [0.05, 0.1) is 18.3 Å². The van der Waals surface area contributed by atoms with Gasteiger partial charge < -0.3 is 4.74 Å². The molecule has 1 aliphatic heterocycles. The fourth-order valence-electron chi connectivity index (χ4n) is 3.72. The molecule has 1 saturated carbocycles. The van der Waals surface area contributed by atoms with E-state index in [1.807, 2.05) is 30.2 Å². The van der Waals surface area contributed by atoms with Gasteiger partial charge in [-0.3, -0.25) is 9.63 Å². The molecule has 0 bridgehead atoms. The van der Waals surface area contributed by atoms with Gasteiger partial charge in [0.25, 0.3) is 0 Å². The second-order valence-corrected chi connectivity index (χ2v) is 6.90. The summed E-state index contributed by atoms with van der Waals surface area (Å²) in [5, 5.41) is 1.92. The van der Waals surface area contributed by atoms with E-state index >= 15 is 0 Å². The summed E-state index contributed by atoms with van der Waals surface area (Å²) >= 11 is 0. The number of aryl methyl sites for hydroxylation is 1. The summed E-state index contributed by atoms with van der Waals surface area (Å²) in [6.07, 6.45) is 1.78. The van der Waals surface area contributed by atoms with Crippen LogP contribution in [0.5, 0.6) is 0 Å². The Morgan fingerprint density at radius 3 is 2.44 bits per heavy atom. The van der Waals surface area contributed by atoms with E-state index in [2.05, 4.69) is 43.3 Å². The molecule has 2 unspecified atom stereocenters. The quantitative estimate of drug-likeness (QED) is 0.784. The normalized spacial score (nSPS) is 23.7. The van der Waals surface area contributed by atoms with E-state index in [0.717, 1.165) is 24.1 Å². The number of ether oxygens (including phenoxy) is 1. The highest BCUT2D eigenvalue weighted by Gasteiger charge is 2.65. The number of benzene rings is 2. The van der Waals surface area contributed by atoms with E-state index in [-0.39, 0.29) is 17.9 Å². The van der Waals surface area contributed by atoms with Crippen molar-refractivity contribution in [2.45, 2.75) is 38.3 Å². The Hall–Kier alpha value is -2.33. The van der Waals surface area contributed by atoms with Crippen LogP contribution in [0.1, 0.15) is 36.9 Å². The zero-order chi connectivity index (χ0) is 17.4. The number of anilines is 1. The first-order valence-electron chi connectivity index (χ1n) is 8.91. The molecule has 2 atom stereocenters. The first kappa shape index (κ1) is 16.2. The third kappa shape index (κ3) is 2.81. The van der Waals surface area contributed by atoms with Crippen LogP contribution < -0.4 is 5.06 Å². The standard InChI is InChI=1S/C21H23NO3/c1-3-24-20(23)18-19(16-7-5-4-6-8-16)22(25-21(18)13-14-21)17-11-9-15(2)10-12-17/h4-12,18-19H,3,13-14H2,1-2H3. The highest BCUT2D eigenvalue weighted by Crippen LogP contribution is 2.59. The number of hydrogen-bond donors (Lipinski definition) is 0. The molecule has 2 fully saturated rings. The largest absolute Gasteiger partial charge is 0.466 e. The van der Waals surface area contributed by atoms with Crippen molar-refractivity contribution in [3.63, 3.8) is 0 Å². The number of carbonyl (C=O) groups is 1. The summed E-state index contributed by atoms with van der Waals surface area (Å²) in [6.45, 7) is 4.30. The molecule has 0 amide bonds. The molecular weight excluding hydrogens is 314 g/mol. The first-order valence-corrected chi connectivity index (χ1v) is 8.91. The van der Waals surface area contributed by atoms with Gasteiger partial charge in [-0.2, -0.15) is 0 Å². The summed E-state index contributed by atoms with van der Waals surface area (Å²) in [5.41, 5.74) is 2.82. The maximum absolute atomic E-state index is 12.8. The Morgan fingerprint density at radius 2 is 1.84 bits per heavy atom. The number of nitrogens with zero attached hydrogens (tertiary/aromatic N) is 1. The van der Waals surface area contributed by atoms with Crippen LogP contribution in [-0.2, 0) is 14.4 Å². The molecule has 1 heterocycles. The van der Waals surface area contributed by atoms with Gasteiger partial charge in [-0.05, 0) is 44.4 Å². The van der Waals surface area contributed by atoms with Crippen molar-refractivity contribution in [2.75, 3.05) is 11.7 Å². The van der Waals surface area contributed by atoms with E-state index in [1.165, 1.54) is 5.56 Å². The molecule has 1 aliphatic carbocycles. The second kappa shape index (κ2) is 6.19. The van der Waals surface area contributed by atoms with Crippen LogP contribution in [0.15, 0.2) is 54.6 Å². The molecule has 4 nitrogen and oxygen atoms in total. The minimum atomic E-state index is -0.419. The summed E-state index contributed by atoms with van der Waals surface area (Å²) in [6, 6.07) is 18.2. The lowest BCUT2D eigenvalue weighted by Crippen LogP contribution is -2.32. The molecule has 4 rings (SSSR count). The zero-order valence-corrected chi connectivity index (χ0v) is 14.6. The van der Waals surface area contributed by atoms with Crippen molar-refractivity contribution in [1.82, 2.24) is 0 Å². The van der Waals surface area contributed by atoms with Gasteiger partial charge in [-0.15, -0.1) is 0 Å². The van der Waals surface area contributed by atoms with E-state index in [4.69, 9.17) is 9.57 Å². The van der Waals surface area contributed by atoms with Crippen molar-refractivity contribution < 1.29 is 14.4 Å². The number of carbonyl (C=O) groups excluding carboxylic acids is 1. The molecule has 0 radical (unpaired) electrons. The maximum atomic E-state index is 12.8. The van der Waals surface area contributed by atoms with Crippen LogP contribution in [0.4, 0.5) is 5.69 Å². The Bertz CT molecular complexity index is 752. The van der Waals surface area contributed by atoms with E-state index in [0.29, 0.717) is 6.61 Å². The molecule has 4 heteroatoms. The van der Waals surface area contributed by atoms with Gasteiger partial charge in [0, 0.05) is 0 Å². The van der Waals surface area contributed by atoms with E-state index < -0.39 is 5.60 Å². The third-order valence-corrected chi connectivity index (χ3v) is 5.13. The molecule has 130 valence electrons. The highest BCUT2D eigenvalue weighted by molar-refractivity contribution is 5.78. The van der Waals surface area contributed by atoms with Gasteiger partial charge in [-0.25, -0.2) is 5.06 Å². The molecule has 1 saturated heterocycles. The Labute approximate surface area is 148 Å². The first-order chi connectivity index (χ1) is 12.1. The smallest absolute Gasteiger partial charge is 0.314 e. The Morgan fingerprint density at radius 1 is 1.16 bits per heavy atom. The van der Waals surface area contributed by atoms with Gasteiger partial charge in [-0.1, -0.05) is 48.0 Å². The highest BCUT2D eigenvalue weighted by atomic mass is 16.7. The molecule has 1 spiro atoms. The number of hydrogen-bond acceptors (Lipinski definition) is 4. The monoisotopic (exact) mass is 337 g/mol. The van der Waals surface area contributed by atoms with Crippen LogP contribution in [0.25, 0.3) is 0 Å². The average Bonchev–Trinajstić information content (AvgIpc) is 3.30. The summed E-state index contributed by atoms with van der Waals surface area (Å²) in [5.74, 6) is -0.473. The van der Waals surface area contributed by atoms with E-state index in [1.54, 1.807) is 0 Å². The summed E-state index contributed by atoms with van der Waals surface area (Å²) in [7, 11) is 0. The predicted octanol–water partition coefficient (Wildman–Crippen LogP) is 4.20. The van der Waals surface area contributed by atoms with Crippen LogP contribution in [0.2, 0.25) is 0 Å². The fraction of sp³-hybridized carbons (Fsp3) is 0.381. The minimum Gasteiger partial charge on any atom is -0.466 e. The Kier molecular flexibility index (Phi) is 4.00. The average molecular weight is 337 g/mol. The van der Waals surface area contributed by atoms with Crippen molar-refractivity contribution in [2.24, 2.45) is 5.92 Å². The lowest BCUT2D eigenvalue weighted by Gasteiger charge is -2.27. The lowest BCUT2D eigenvalue weighted by atomic mass is 9.87.